The summed E-state index contributed by atoms with van der Waals surface area (Å²) >= 11 is 0. The van der Waals surface area contributed by atoms with Crippen LogP contribution in [0.1, 0.15) is 36.0 Å². The van der Waals surface area contributed by atoms with Crippen molar-refractivity contribution in [2.45, 2.75) is 31.7 Å². The van der Waals surface area contributed by atoms with Gasteiger partial charge >= 0.3 is 0 Å². The zero-order valence-corrected chi connectivity index (χ0v) is 9.46. The van der Waals surface area contributed by atoms with Gasteiger partial charge in [0.15, 0.2) is 5.78 Å². The second-order valence-corrected chi connectivity index (χ2v) is 4.60. The molecular weight excluding hydrogens is 224 g/mol. The van der Waals surface area contributed by atoms with Gasteiger partial charge in [-0.2, -0.15) is 0 Å². The van der Waals surface area contributed by atoms with Crippen LogP contribution in [0.15, 0.2) is 18.2 Å². The van der Waals surface area contributed by atoms with E-state index in [0.717, 1.165) is 31.0 Å². The number of carbonyl (C=O) groups is 1. The maximum atomic E-state index is 13.4. The van der Waals surface area contributed by atoms with Crippen molar-refractivity contribution in [1.29, 1.82) is 0 Å². The van der Waals surface area contributed by atoms with E-state index in [4.69, 9.17) is 5.73 Å². The van der Waals surface area contributed by atoms with E-state index in [1.165, 1.54) is 0 Å². The molecule has 0 bridgehead atoms. The Morgan fingerprint density at radius 3 is 2.47 bits per heavy atom. The number of halogens is 2. The van der Waals surface area contributed by atoms with Crippen LogP contribution < -0.4 is 5.73 Å². The molecule has 1 aliphatic carbocycles. The monoisotopic (exact) mass is 239 g/mol. The molecule has 2 N–H and O–H groups in total. The molecule has 4 heteroatoms. The standard InChI is InChI=1S/C13H15F2NO/c14-9-3-6-12(15)11(7-9)13(17)8-1-4-10(16)5-2-8/h3,6-8,10H,1-2,4-5,16H2. The highest BCUT2D eigenvalue weighted by Crippen LogP contribution is 2.27. The second-order valence-electron chi connectivity index (χ2n) is 4.60. The minimum atomic E-state index is -0.647. The Balaban J connectivity index is 2.16. The number of rotatable bonds is 2. The fraction of sp³-hybridized carbons (Fsp3) is 0.462. The molecule has 0 atom stereocenters. The van der Waals surface area contributed by atoms with Crippen LogP contribution in [0, 0.1) is 17.6 Å². The number of Topliss-reactive ketones (excluding diaryl/α,β-unsaturated/α-hetero) is 1. The van der Waals surface area contributed by atoms with E-state index in [1.54, 1.807) is 0 Å². The Bertz CT molecular complexity index is 425. The highest BCUT2D eigenvalue weighted by atomic mass is 19.1. The van der Waals surface area contributed by atoms with E-state index in [-0.39, 0.29) is 23.3 Å². The molecule has 1 fully saturated rings. The van der Waals surface area contributed by atoms with Gasteiger partial charge < -0.3 is 5.73 Å². The molecule has 1 aromatic rings. The van der Waals surface area contributed by atoms with Crippen molar-refractivity contribution >= 4 is 5.78 Å². The van der Waals surface area contributed by atoms with Crippen molar-refractivity contribution in [2.24, 2.45) is 11.7 Å². The number of hydrogen-bond acceptors (Lipinski definition) is 2. The molecule has 0 aliphatic heterocycles. The van der Waals surface area contributed by atoms with Crippen molar-refractivity contribution < 1.29 is 13.6 Å². The van der Waals surface area contributed by atoms with Gasteiger partial charge in [-0.3, -0.25) is 4.79 Å². The summed E-state index contributed by atoms with van der Waals surface area (Å²) in [6.45, 7) is 0. The van der Waals surface area contributed by atoms with Gasteiger partial charge in [0.1, 0.15) is 11.6 Å². The largest absolute Gasteiger partial charge is 0.328 e. The molecular formula is C13H15F2NO. The van der Waals surface area contributed by atoms with Crippen LogP contribution in [0.3, 0.4) is 0 Å². The van der Waals surface area contributed by atoms with E-state index in [1.807, 2.05) is 0 Å². The van der Waals surface area contributed by atoms with Gasteiger partial charge in [-0.1, -0.05) is 0 Å². The second kappa shape index (κ2) is 4.92. The molecule has 2 rings (SSSR count). The van der Waals surface area contributed by atoms with Gasteiger partial charge in [0, 0.05) is 12.0 Å². The third-order valence-corrected chi connectivity index (χ3v) is 3.34. The number of carbonyl (C=O) groups excluding carboxylic acids is 1. The fourth-order valence-electron chi connectivity index (χ4n) is 2.29. The Morgan fingerprint density at radius 1 is 1.18 bits per heavy atom. The lowest BCUT2D eigenvalue weighted by Gasteiger charge is -2.25. The van der Waals surface area contributed by atoms with E-state index in [2.05, 4.69) is 0 Å². The van der Waals surface area contributed by atoms with Crippen molar-refractivity contribution in [3.63, 3.8) is 0 Å². The Hall–Kier alpha value is -1.29. The normalized spacial score (nSPS) is 24.6. The first-order valence-electron chi connectivity index (χ1n) is 5.83. The third-order valence-electron chi connectivity index (χ3n) is 3.34. The van der Waals surface area contributed by atoms with E-state index in [9.17, 15) is 13.6 Å². The number of benzene rings is 1. The summed E-state index contributed by atoms with van der Waals surface area (Å²) in [4.78, 5) is 12.0. The highest BCUT2D eigenvalue weighted by molar-refractivity contribution is 5.98. The van der Waals surface area contributed by atoms with Crippen LogP contribution in [-0.4, -0.2) is 11.8 Å². The lowest BCUT2D eigenvalue weighted by atomic mass is 9.82. The molecule has 0 aromatic heterocycles. The Kier molecular flexibility index (Phi) is 3.52. The molecule has 0 spiro atoms. The first-order valence-corrected chi connectivity index (χ1v) is 5.83. The van der Waals surface area contributed by atoms with Crippen LogP contribution in [0.4, 0.5) is 8.78 Å². The average molecular weight is 239 g/mol. The number of hydrogen-bond donors (Lipinski definition) is 1. The van der Waals surface area contributed by atoms with E-state index < -0.39 is 11.6 Å². The highest BCUT2D eigenvalue weighted by Gasteiger charge is 2.27. The summed E-state index contributed by atoms with van der Waals surface area (Å²) in [6.07, 6.45) is 2.87. The quantitative estimate of drug-likeness (QED) is 0.806. The fourth-order valence-corrected chi connectivity index (χ4v) is 2.29. The van der Waals surface area contributed by atoms with Gasteiger partial charge in [-0.15, -0.1) is 0 Å². The van der Waals surface area contributed by atoms with Crippen molar-refractivity contribution in [3.05, 3.63) is 35.4 Å². The zero-order chi connectivity index (χ0) is 12.4. The summed E-state index contributed by atoms with van der Waals surface area (Å²) in [5.41, 5.74) is 5.61. The smallest absolute Gasteiger partial charge is 0.168 e. The summed E-state index contributed by atoms with van der Waals surface area (Å²) in [6, 6.07) is 3.13. The number of ketones is 1. The Labute approximate surface area is 98.8 Å². The summed E-state index contributed by atoms with van der Waals surface area (Å²) in [5.74, 6) is -1.74. The molecule has 1 aromatic carbocycles. The van der Waals surface area contributed by atoms with Gasteiger partial charge in [0.2, 0.25) is 0 Å². The maximum Gasteiger partial charge on any atom is 0.168 e. The third kappa shape index (κ3) is 2.69. The summed E-state index contributed by atoms with van der Waals surface area (Å²) in [7, 11) is 0. The SMILES string of the molecule is NC1CCC(C(=O)c2cc(F)ccc2F)CC1. The first kappa shape index (κ1) is 12.2. The van der Waals surface area contributed by atoms with Crippen LogP contribution in [-0.2, 0) is 0 Å². The lowest BCUT2D eigenvalue weighted by Crippen LogP contribution is -2.30. The molecule has 2 nitrogen and oxygen atoms in total. The van der Waals surface area contributed by atoms with Gasteiger partial charge in [0.05, 0.1) is 5.56 Å². The Morgan fingerprint density at radius 2 is 1.82 bits per heavy atom. The molecule has 1 aliphatic rings. The molecule has 17 heavy (non-hydrogen) atoms. The van der Waals surface area contributed by atoms with Gasteiger partial charge in [-0.25, -0.2) is 8.78 Å². The van der Waals surface area contributed by atoms with E-state index >= 15 is 0 Å². The summed E-state index contributed by atoms with van der Waals surface area (Å²) in [5, 5.41) is 0. The molecule has 1 saturated carbocycles. The molecule has 0 amide bonds. The average Bonchev–Trinajstić information content (AvgIpc) is 2.32. The zero-order valence-electron chi connectivity index (χ0n) is 9.46. The molecule has 92 valence electrons. The molecule has 0 unspecified atom stereocenters. The minimum absolute atomic E-state index is 0.134. The van der Waals surface area contributed by atoms with Crippen molar-refractivity contribution in [2.75, 3.05) is 0 Å². The van der Waals surface area contributed by atoms with Crippen LogP contribution in [0.25, 0.3) is 0 Å². The molecule has 0 heterocycles. The van der Waals surface area contributed by atoms with Crippen molar-refractivity contribution in [3.8, 4) is 0 Å². The lowest BCUT2D eigenvalue weighted by molar-refractivity contribution is 0.0880. The summed E-state index contributed by atoms with van der Waals surface area (Å²) < 4.78 is 26.4. The van der Waals surface area contributed by atoms with Crippen LogP contribution in [0.2, 0.25) is 0 Å². The minimum Gasteiger partial charge on any atom is -0.328 e. The molecule has 0 radical (unpaired) electrons. The van der Waals surface area contributed by atoms with Crippen LogP contribution >= 0.6 is 0 Å². The topological polar surface area (TPSA) is 43.1 Å². The molecule has 0 saturated heterocycles. The first-order chi connectivity index (χ1) is 8.08. The van der Waals surface area contributed by atoms with Crippen molar-refractivity contribution in [1.82, 2.24) is 0 Å². The van der Waals surface area contributed by atoms with Crippen LogP contribution in [0.5, 0.6) is 0 Å². The van der Waals surface area contributed by atoms with Gasteiger partial charge in [-0.05, 0) is 43.9 Å². The number of nitrogens with two attached hydrogens (primary N) is 1. The van der Waals surface area contributed by atoms with E-state index in [0.29, 0.717) is 12.8 Å². The predicted molar refractivity (Wildman–Crippen MR) is 60.6 cm³/mol. The predicted octanol–water partition coefficient (Wildman–Crippen LogP) is 2.67. The van der Waals surface area contributed by atoms with Gasteiger partial charge in [0.25, 0.3) is 0 Å². The maximum absolute atomic E-state index is 13.4.